The first-order chi connectivity index (χ1) is 8.19. The number of hydrogen-bond donors (Lipinski definition) is 1. The summed E-state index contributed by atoms with van der Waals surface area (Å²) in [5.41, 5.74) is 0. The average molecular weight is 236 g/mol. The van der Waals surface area contributed by atoms with Crippen molar-refractivity contribution in [1.82, 2.24) is 9.97 Å². The number of hydrogen-bond acceptors (Lipinski definition) is 5. The second-order valence-corrected chi connectivity index (χ2v) is 4.65. The molecule has 1 aliphatic rings. The molecule has 1 fully saturated rings. The summed E-state index contributed by atoms with van der Waals surface area (Å²) in [5, 5.41) is 3.44. The Hall–Kier alpha value is -1.36. The maximum absolute atomic E-state index is 5.36. The quantitative estimate of drug-likeness (QED) is 0.859. The molecule has 0 amide bonds. The first-order valence-electron chi connectivity index (χ1n) is 5.98. The van der Waals surface area contributed by atoms with E-state index in [9.17, 15) is 0 Å². The van der Waals surface area contributed by atoms with E-state index in [0.717, 1.165) is 31.0 Å². The van der Waals surface area contributed by atoms with Crippen molar-refractivity contribution in [3.63, 3.8) is 0 Å². The van der Waals surface area contributed by atoms with Gasteiger partial charge in [-0.15, -0.1) is 0 Å². The van der Waals surface area contributed by atoms with Crippen LogP contribution in [0.4, 0.5) is 11.8 Å². The van der Waals surface area contributed by atoms with E-state index in [4.69, 9.17) is 4.74 Å². The van der Waals surface area contributed by atoms with Gasteiger partial charge in [0.25, 0.3) is 0 Å². The van der Waals surface area contributed by atoms with Gasteiger partial charge in [-0.25, -0.2) is 4.98 Å². The molecular formula is C12H20N4O. The lowest BCUT2D eigenvalue weighted by atomic mass is 10.2. The molecule has 0 aromatic carbocycles. The largest absolute Gasteiger partial charge is 0.381 e. The third-order valence-electron chi connectivity index (χ3n) is 3.11. The Morgan fingerprint density at radius 2 is 2.24 bits per heavy atom. The number of nitrogens with one attached hydrogen (secondary N) is 1. The van der Waals surface area contributed by atoms with Gasteiger partial charge >= 0.3 is 0 Å². The van der Waals surface area contributed by atoms with Gasteiger partial charge in [0.15, 0.2) is 0 Å². The van der Waals surface area contributed by atoms with Crippen LogP contribution in [0.3, 0.4) is 0 Å². The molecule has 2 atom stereocenters. The second-order valence-electron chi connectivity index (χ2n) is 4.65. The highest BCUT2D eigenvalue weighted by Crippen LogP contribution is 2.24. The maximum atomic E-state index is 5.36. The smallest absolute Gasteiger partial charge is 0.226 e. The molecule has 5 heteroatoms. The number of anilines is 2. The third-order valence-corrected chi connectivity index (χ3v) is 3.11. The zero-order valence-electron chi connectivity index (χ0n) is 10.7. The minimum atomic E-state index is 0.391. The summed E-state index contributed by atoms with van der Waals surface area (Å²) in [4.78, 5) is 10.5. The van der Waals surface area contributed by atoms with Crippen molar-refractivity contribution in [1.29, 1.82) is 0 Å². The van der Waals surface area contributed by atoms with Crippen LogP contribution in [-0.4, -0.2) is 43.3 Å². The van der Waals surface area contributed by atoms with Crippen LogP contribution in [-0.2, 0) is 4.74 Å². The van der Waals surface area contributed by atoms with Gasteiger partial charge in [-0.05, 0) is 25.3 Å². The van der Waals surface area contributed by atoms with E-state index in [1.54, 1.807) is 13.3 Å². The summed E-state index contributed by atoms with van der Waals surface area (Å²) in [6.07, 6.45) is 5.49. The highest BCUT2D eigenvalue weighted by molar-refractivity contribution is 5.41. The summed E-state index contributed by atoms with van der Waals surface area (Å²) in [6, 6.07) is 2.37. The predicted octanol–water partition coefficient (Wildman–Crippen LogP) is 1.52. The lowest BCUT2D eigenvalue weighted by Gasteiger charge is -2.15. The van der Waals surface area contributed by atoms with E-state index in [2.05, 4.69) is 15.3 Å². The lowest BCUT2D eigenvalue weighted by Crippen LogP contribution is -2.19. The second kappa shape index (κ2) is 5.31. The van der Waals surface area contributed by atoms with Gasteiger partial charge in [0.05, 0.1) is 6.10 Å². The van der Waals surface area contributed by atoms with E-state index < -0.39 is 0 Å². The van der Waals surface area contributed by atoms with Gasteiger partial charge in [0, 0.05) is 33.4 Å². The van der Waals surface area contributed by atoms with Crippen molar-refractivity contribution in [2.45, 2.75) is 31.4 Å². The summed E-state index contributed by atoms with van der Waals surface area (Å²) >= 11 is 0. The summed E-state index contributed by atoms with van der Waals surface area (Å²) in [5.74, 6) is 1.63. The zero-order valence-corrected chi connectivity index (χ0v) is 10.7. The van der Waals surface area contributed by atoms with E-state index in [1.165, 1.54) is 0 Å². The van der Waals surface area contributed by atoms with Crippen LogP contribution < -0.4 is 10.2 Å². The van der Waals surface area contributed by atoms with Gasteiger partial charge in [-0.2, -0.15) is 4.98 Å². The molecule has 2 rings (SSSR count). The molecule has 0 saturated heterocycles. The molecule has 1 heterocycles. The van der Waals surface area contributed by atoms with Crippen molar-refractivity contribution in [3.05, 3.63) is 12.3 Å². The number of ether oxygens (including phenoxy) is 1. The van der Waals surface area contributed by atoms with Crippen LogP contribution in [0.25, 0.3) is 0 Å². The predicted molar refractivity (Wildman–Crippen MR) is 68.4 cm³/mol. The number of nitrogens with zero attached hydrogens (tertiary/aromatic N) is 3. The van der Waals surface area contributed by atoms with Crippen LogP contribution in [0, 0.1) is 0 Å². The lowest BCUT2D eigenvalue weighted by molar-refractivity contribution is 0.108. The topological polar surface area (TPSA) is 50.3 Å². The fourth-order valence-electron chi connectivity index (χ4n) is 2.14. The Morgan fingerprint density at radius 3 is 2.88 bits per heavy atom. The Morgan fingerprint density at radius 1 is 1.41 bits per heavy atom. The fourth-order valence-corrected chi connectivity index (χ4v) is 2.14. The molecule has 1 aromatic rings. The Labute approximate surface area is 102 Å². The van der Waals surface area contributed by atoms with Gasteiger partial charge in [0.2, 0.25) is 5.95 Å². The SMILES string of the molecule is COC1CCC(Nc2ccnc(N(C)C)n2)C1. The van der Waals surface area contributed by atoms with Gasteiger partial charge in [-0.3, -0.25) is 0 Å². The minimum absolute atomic E-state index is 0.391. The summed E-state index contributed by atoms with van der Waals surface area (Å²) in [7, 11) is 5.66. The van der Waals surface area contributed by atoms with Crippen LogP contribution >= 0.6 is 0 Å². The highest BCUT2D eigenvalue weighted by atomic mass is 16.5. The van der Waals surface area contributed by atoms with Gasteiger partial charge < -0.3 is 15.0 Å². The monoisotopic (exact) mass is 236 g/mol. The molecule has 1 aromatic heterocycles. The molecule has 0 aliphatic heterocycles. The number of aromatic nitrogens is 2. The summed E-state index contributed by atoms with van der Waals surface area (Å²) < 4.78 is 5.36. The van der Waals surface area contributed by atoms with Gasteiger partial charge in [0.1, 0.15) is 5.82 Å². The third kappa shape index (κ3) is 3.06. The molecule has 0 spiro atoms. The van der Waals surface area contributed by atoms with Crippen LogP contribution in [0.2, 0.25) is 0 Å². The molecule has 2 unspecified atom stereocenters. The van der Waals surface area contributed by atoms with Crippen LogP contribution in [0.1, 0.15) is 19.3 Å². The summed E-state index contributed by atoms with van der Waals surface area (Å²) in [6.45, 7) is 0. The molecule has 0 bridgehead atoms. The molecule has 0 radical (unpaired) electrons. The van der Waals surface area contributed by atoms with E-state index in [-0.39, 0.29) is 0 Å². The fraction of sp³-hybridized carbons (Fsp3) is 0.667. The van der Waals surface area contributed by atoms with Crippen LogP contribution in [0.15, 0.2) is 12.3 Å². The highest BCUT2D eigenvalue weighted by Gasteiger charge is 2.24. The average Bonchev–Trinajstić information content (AvgIpc) is 2.77. The van der Waals surface area contributed by atoms with E-state index in [1.807, 2.05) is 25.1 Å². The molecular weight excluding hydrogens is 216 g/mol. The zero-order chi connectivity index (χ0) is 12.3. The first-order valence-corrected chi connectivity index (χ1v) is 5.98. The molecule has 17 heavy (non-hydrogen) atoms. The molecule has 94 valence electrons. The van der Waals surface area contributed by atoms with Crippen molar-refractivity contribution in [2.24, 2.45) is 0 Å². The maximum Gasteiger partial charge on any atom is 0.226 e. The van der Waals surface area contributed by atoms with Crippen molar-refractivity contribution in [2.75, 3.05) is 31.4 Å². The molecule has 1 saturated carbocycles. The molecule has 5 nitrogen and oxygen atoms in total. The molecule has 1 aliphatic carbocycles. The Kier molecular flexibility index (Phi) is 3.78. The van der Waals surface area contributed by atoms with Crippen molar-refractivity contribution < 1.29 is 4.74 Å². The van der Waals surface area contributed by atoms with Crippen molar-refractivity contribution in [3.8, 4) is 0 Å². The van der Waals surface area contributed by atoms with Crippen LogP contribution in [0.5, 0.6) is 0 Å². The normalized spacial score (nSPS) is 23.7. The molecule has 1 N–H and O–H groups in total. The minimum Gasteiger partial charge on any atom is -0.381 e. The number of rotatable bonds is 4. The Bertz CT molecular complexity index is 369. The first kappa shape index (κ1) is 12.1. The standard InChI is InChI=1S/C12H20N4O/c1-16(2)12-13-7-6-11(15-12)14-9-4-5-10(8-9)17-3/h6-7,9-10H,4-5,8H2,1-3H3,(H,13,14,15). The van der Waals surface area contributed by atoms with Gasteiger partial charge in [-0.1, -0.05) is 0 Å². The van der Waals surface area contributed by atoms with E-state index in [0.29, 0.717) is 12.1 Å². The number of methoxy groups -OCH3 is 1. The Balaban J connectivity index is 1.97. The van der Waals surface area contributed by atoms with E-state index >= 15 is 0 Å². The van der Waals surface area contributed by atoms with Crippen molar-refractivity contribution >= 4 is 11.8 Å².